The molecule has 316 valence electrons. The van der Waals surface area contributed by atoms with Crippen LogP contribution in [-0.4, -0.2) is 18.5 Å². The van der Waals surface area contributed by atoms with Gasteiger partial charge < -0.3 is 18.9 Å². The number of azo groups is 1. The summed E-state index contributed by atoms with van der Waals surface area (Å²) in [7, 11) is 0. The average molecular weight is 816 g/mol. The van der Waals surface area contributed by atoms with E-state index in [1.807, 2.05) is 24.3 Å². The average Bonchev–Trinajstić information content (AvgIpc) is 3.24. The van der Waals surface area contributed by atoms with Gasteiger partial charge in [0, 0.05) is 5.02 Å². The van der Waals surface area contributed by atoms with Gasteiger partial charge in [-0.25, -0.2) is 0 Å². The van der Waals surface area contributed by atoms with E-state index in [0.717, 1.165) is 88.5 Å². The molecular formula is C49H67ClN2O6. The van der Waals surface area contributed by atoms with Gasteiger partial charge in [-0.15, -0.1) is 5.11 Å². The fraction of sp³-hybridized carbons (Fsp3) is 0.592. The lowest BCUT2D eigenvalue weighted by Gasteiger charge is -2.27. The Hall–Kier alpha value is -3.91. The van der Waals surface area contributed by atoms with Crippen molar-refractivity contribution in [2.24, 2.45) is 33.9 Å². The van der Waals surface area contributed by atoms with Crippen LogP contribution in [0, 0.1) is 23.7 Å². The molecule has 0 N–H and O–H groups in total. The van der Waals surface area contributed by atoms with Gasteiger partial charge in [0.25, 0.3) is 0 Å². The molecule has 3 aromatic carbocycles. The highest BCUT2D eigenvalue weighted by molar-refractivity contribution is 6.30. The Bertz CT molecular complexity index is 1700. The molecule has 5 rings (SSSR count). The molecule has 3 aromatic rings. The molecule has 0 heterocycles. The summed E-state index contributed by atoms with van der Waals surface area (Å²) in [5, 5.41) is 9.79. The number of nitrogens with zero attached hydrogens (tertiary/aromatic N) is 2. The molecule has 8 nitrogen and oxygen atoms in total. The van der Waals surface area contributed by atoms with E-state index in [-0.39, 0.29) is 30.4 Å². The molecule has 2 aliphatic rings. The molecule has 0 unspecified atom stereocenters. The number of carbonyl (C=O) groups excluding carboxylic acids is 2. The van der Waals surface area contributed by atoms with Crippen LogP contribution in [0.2, 0.25) is 5.02 Å². The quantitative estimate of drug-likeness (QED) is 0.0409. The third-order valence-electron chi connectivity index (χ3n) is 11.9. The lowest BCUT2D eigenvalue weighted by atomic mass is 9.80. The van der Waals surface area contributed by atoms with Crippen molar-refractivity contribution in [2.75, 3.05) is 6.61 Å². The molecule has 0 aliphatic heterocycles. The molecule has 0 radical (unpaired) electrons. The standard InChI is InChI=1S/C49H67ClN2O6/c1-4-7-10-13-34-55-46-44(52-51-42-28-30-43(31-29-42)57-48(53)39-22-16-36(17-23-39)14-11-8-5-2)32-33-45(47(46)56-35-38-20-26-41(50)27-21-38)58-49(54)40-24-18-37(19-25-40)15-12-9-6-3/h20-21,26-33,36-37,39-40H,4-19,22-25,34-35H2,1-3H3. The summed E-state index contributed by atoms with van der Waals surface area (Å²) in [6, 6.07) is 18.0. The maximum absolute atomic E-state index is 13.7. The Labute approximate surface area is 352 Å². The zero-order valence-corrected chi connectivity index (χ0v) is 36.1. The number of esters is 2. The smallest absolute Gasteiger partial charge is 0.314 e. The van der Waals surface area contributed by atoms with Crippen molar-refractivity contribution in [2.45, 2.75) is 156 Å². The first-order valence-electron chi connectivity index (χ1n) is 22.5. The number of benzene rings is 3. The van der Waals surface area contributed by atoms with Gasteiger partial charge >= 0.3 is 11.9 Å². The van der Waals surface area contributed by atoms with Crippen LogP contribution in [-0.2, 0) is 16.2 Å². The minimum Gasteiger partial charge on any atom is -0.487 e. The highest BCUT2D eigenvalue weighted by Crippen LogP contribution is 2.46. The summed E-state index contributed by atoms with van der Waals surface area (Å²) >= 11 is 6.17. The largest absolute Gasteiger partial charge is 0.487 e. The Balaban J connectivity index is 1.30. The maximum Gasteiger partial charge on any atom is 0.314 e. The van der Waals surface area contributed by atoms with Crippen LogP contribution in [0.15, 0.2) is 70.9 Å². The molecule has 9 heteroatoms. The lowest BCUT2D eigenvalue weighted by Crippen LogP contribution is -2.26. The van der Waals surface area contributed by atoms with Crippen molar-refractivity contribution < 1.29 is 28.5 Å². The number of unbranched alkanes of at least 4 members (excludes halogenated alkanes) is 7. The lowest BCUT2D eigenvalue weighted by molar-refractivity contribution is -0.141. The zero-order valence-electron chi connectivity index (χ0n) is 35.4. The van der Waals surface area contributed by atoms with E-state index in [2.05, 4.69) is 31.0 Å². The number of carbonyl (C=O) groups is 2. The fourth-order valence-corrected chi connectivity index (χ4v) is 8.36. The SMILES string of the molecule is CCCCCCOc1c(N=Nc2ccc(OC(=O)C3CCC(CCCCC)CC3)cc2)ccc(OC(=O)C2CCC(CCCCC)CC2)c1OCc1ccc(Cl)cc1. The van der Waals surface area contributed by atoms with Gasteiger partial charge in [-0.1, -0.05) is 115 Å². The third kappa shape index (κ3) is 14.7. The first-order chi connectivity index (χ1) is 28.4. The summed E-state index contributed by atoms with van der Waals surface area (Å²) in [6.07, 6.45) is 22.0. The van der Waals surface area contributed by atoms with Crippen molar-refractivity contribution in [3.63, 3.8) is 0 Å². The van der Waals surface area contributed by atoms with E-state index in [1.54, 1.807) is 36.4 Å². The predicted octanol–water partition coefficient (Wildman–Crippen LogP) is 14.9. The number of hydrogen-bond acceptors (Lipinski definition) is 8. The summed E-state index contributed by atoms with van der Waals surface area (Å²) in [6.45, 7) is 7.30. The van der Waals surface area contributed by atoms with Crippen molar-refractivity contribution in [1.82, 2.24) is 0 Å². The Morgan fingerprint density at radius 2 is 1.16 bits per heavy atom. The molecule has 0 saturated heterocycles. The van der Waals surface area contributed by atoms with Crippen molar-refractivity contribution in [3.05, 3.63) is 71.2 Å². The van der Waals surface area contributed by atoms with Crippen LogP contribution in [0.3, 0.4) is 0 Å². The van der Waals surface area contributed by atoms with Crippen LogP contribution >= 0.6 is 11.6 Å². The molecule has 0 aromatic heterocycles. The fourth-order valence-electron chi connectivity index (χ4n) is 8.23. The van der Waals surface area contributed by atoms with Crippen molar-refractivity contribution in [3.8, 4) is 23.0 Å². The van der Waals surface area contributed by atoms with Gasteiger partial charge in [-0.05, 0) is 124 Å². The van der Waals surface area contributed by atoms with E-state index in [1.165, 1.54) is 51.4 Å². The van der Waals surface area contributed by atoms with Gasteiger partial charge in [0.1, 0.15) is 18.0 Å². The molecule has 0 bridgehead atoms. The Morgan fingerprint density at radius 3 is 1.74 bits per heavy atom. The van der Waals surface area contributed by atoms with E-state index >= 15 is 0 Å². The van der Waals surface area contributed by atoms with Crippen LogP contribution in [0.1, 0.15) is 155 Å². The Morgan fingerprint density at radius 1 is 0.586 bits per heavy atom. The van der Waals surface area contributed by atoms with E-state index in [9.17, 15) is 9.59 Å². The number of hydrogen-bond donors (Lipinski definition) is 0. The maximum atomic E-state index is 13.7. The van der Waals surface area contributed by atoms with Crippen LogP contribution < -0.4 is 18.9 Å². The second-order valence-corrected chi connectivity index (χ2v) is 17.0. The molecule has 0 atom stereocenters. The minimum atomic E-state index is -0.234. The summed E-state index contributed by atoms with van der Waals surface area (Å²) in [5.74, 6) is 2.35. The van der Waals surface area contributed by atoms with E-state index in [4.69, 9.17) is 30.5 Å². The van der Waals surface area contributed by atoms with Gasteiger partial charge in [0.15, 0.2) is 11.5 Å². The third-order valence-corrected chi connectivity index (χ3v) is 12.2. The molecule has 2 aliphatic carbocycles. The molecule has 2 fully saturated rings. The highest BCUT2D eigenvalue weighted by Gasteiger charge is 2.30. The predicted molar refractivity (Wildman–Crippen MR) is 233 cm³/mol. The first kappa shape index (κ1) is 45.2. The normalized spacial score (nSPS) is 19.5. The minimum absolute atomic E-state index is 0.0455. The van der Waals surface area contributed by atoms with Gasteiger partial charge in [-0.2, -0.15) is 5.11 Å². The van der Waals surface area contributed by atoms with E-state index < -0.39 is 0 Å². The van der Waals surface area contributed by atoms with Gasteiger partial charge in [0.2, 0.25) is 5.75 Å². The molecule has 58 heavy (non-hydrogen) atoms. The second-order valence-electron chi connectivity index (χ2n) is 16.5. The number of rotatable bonds is 23. The van der Waals surface area contributed by atoms with Crippen LogP contribution in [0.25, 0.3) is 0 Å². The summed E-state index contributed by atoms with van der Waals surface area (Å²) in [5.41, 5.74) is 1.94. The number of ether oxygens (including phenoxy) is 4. The van der Waals surface area contributed by atoms with Gasteiger partial charge in [-0.3, -0.25) is 9.59 Å². The Kier molecular flexibility index (Phi) is 19.4. The van der Waals surface area contributed by atoms with Gasteiger partial charge in [0.05, 0.1) is 24.1 Å². The first-order valence-corrected chi connectivity index (χ1v) is 22.9. The topological polar surface area (TPSA) is 95.8 Å². The monoisotopic (exact) mass is 814 g/mol. The summed E-state index contributed by atoms with van der Waals surface area (Å²) in [4.78, 5) is 26.7. The molecule has 0 amide bonds. The summed E-state index contributed by atoms with van der Waals surface area (Å²) < 4.78 is 24.9. The highest BCUT2D eigenvalue weighted by atomic mass is 35.5. The van der Waals surface area contributed by atoms with Crippen LogP contribution in [0.4, 0.5) is 11.4 Å². The van der Waals surface area contributed by atoms with Crippen LogP contribution in [0.5, 0.6) is 23.0 Å². The zero-order chi connectivity index (χ0) is 41.0. The van der Waals surface area contributed by atoms with Crippen molar-refractivity contribution in [1.29, 1.82) is 0 Å². The second kappa shape index (κ2) is 24.9. The number of halogens is 1. The molecular weight excluding hydrogens is 748 g/mol. The molecule has 2 saturated carbocycles. The van der Waals surface area contributed by atoms with Crippen molar-refractivity contribution >= 4 is 34.9 Å². The van der Waals surface area contributed by atoms with E-state index in [0.29, 0.717) is 51.9 Å². The molecule has 0 spiro atoms.